The van der Waals surface area contributed by atoms with E-state index >= 15 is 0 Å². The molecule has 0 aliphatic rings. The van der Waals surface area contributed by atoms with Gasteiger partial charge in [0.25, 0.3) is 0 Å². The molecule has 8 nitrogen and oxygen atoms in total. The number of nitrogens with one attached hydrogen (secondary N) is 1. The number of amides is 1. The summed E-state index contributed by atoms with van der Waals surface area (Å²) in [7, 11) is 1.53. The van der Waals surface area contributed by atoms with Crippen LogP contribution in [0.3, 0.4) is 0 Å². The molecule has 63 heavy (non-hydrogen) atoms. The highest BCUT2D eigenvalue weighted by molar-refractivity contribution is 7.47. The SMILES string of the molecule is CCCCC/C=C\C/C=C\C/C=C\CCCCCCCCC(=O)NC(COP(=O)(O)OCC[N+](C)(C)C)C(O)/C=C/CC/C=C/CC/C=C/CCCCCCCCCCCCCC. The molecule has 0 radical (unpaired) electrons. The number of carbonyl (C=O) groups is 1. The molecule has 0 rings (SSSR count). The van der Waals surface area contributed by atoms with Crippen molar-refractivity contribution in [3.63, 3.8) is 0 Å². The molecule has 0 spiro atoms. The van der Waals surface area contributed by atoms with Gasteiger partial charge in [0, 0.05) is 6.42 Å². The average molecular weight is 904 g/mol. The number of aliphatic hydroxyl groups excluding tert-OH is 1. The molecule has 3 unspecified atom stereocenters. The van der Waals surface area contributed by atoms with Gasteiger partial charge in [-0.2, -0.15) is 0 Å². The number of hydrogen-bond acceptors (Lipinski definition) is 5. The number of nitrogens with zero attached hydrogens (tertiary/aromatic N) is 1. The molecule has 0 aromatic heterocycles. The molecule has 0 saturated carbocycles. The number of hydrogen-bond donors (Lipinski definition) is 3. The Morgan fingerprint density at radius 2 is 0.921 bits per heavy atom. The Morgan fingerprint density at radius 1 is 0.540 bits per heavy atom. The van der Waals surface area contributed by atoms with Crippen molar-refractivity contribution in [1.29, 1.82) is 0 Å². The van der Waals surface area contributed by atoms with Crippen LogP contribution in [-0.2, 0) is 18.4 Å². The van der Waals surface area contributed by atoms with Crippen LogP contribution in [0.2, 0.25) is 0 Å². The Labute approximate surface area is 389 Å². The summed E-state index contributed by atoms with van der Waals surface area (Å²) in [5, 5.41) is 13.9. The van der Waals surface area contributed by atoms with Crippen LogP contribution in [-0.4, -0.2) is 73.4 Å². The van der Waals surface area contributed by atoms with Crippen LogP contribution < -0.4 is 5.32 Å². The number of quaternary nitrogens is 1. The van der Waals surface area contributed by atoms with Crippen LogP contribution in [0.4, 0.5) is 0 Å². The molecule has 0 aliphatic carbocycles. The first-order valence-corrected chi connectivity index (χ1v) is 27.3. The van der Waals surface area contributed by atoms with Gasteiger partial charge >= 0.3 is 7.82 Å². The summed E-state index contributed by atoms with van der Waals surface area (Å²) in [5.74, 6) is -0.206. The Morgan fingerprint density at radius 3 is 1.41 bits per heavy atom. The van der Waals surface area contributed by atoms with Crippen LogP contribution in [0.25, 0.3) is 0 Å². The van der Waals surface area contributed by atoms with Crippen molar-refractivity contribution in [3.05, 3.63) is 72.9 Å². The molecule has 1 amide bonds. The summed E-state index contributed by atoms with van der Waals surface area (Å²) >= 11 is 0. The van der Waals surface area contributed by atoms with Crippen LogP contribution in [0.15, 0.2) is 72.9 Å². The van der Waals surface area contributed by atoms with E-state index in [-0.39, 0.29) is 19.1 Å². The fourth-order valence-electron chi connectivity index (χ4n) is 7.02. The van der Waals surface area contributed by atoms with Gasteiger partial charge in [-0.1, -0.05) is 196 Å². The minimum atomic E-state index is -4.36. The second-order valence-electron chi connectivity index (χ2n) is 18.5. The smallest absolute Gasteiger partial charge is 0.387 e. The van der Waals surface area contributed by atoms with Crippen LogP contribution in [0.1, 0.15) is 213 Å². The molecular weight excluding hydrogens is 804 g/mol. The molecule has 3 N–H and O–H groups in total. The second-order valence-corrected chi connectivity index (χ2v) is 20.0. The van der Waals surface area contributed by atoms with Gasteiger partial charge in [-0.3, -0.25) is 13.8 Å². The van der Waals surface area contributed by atoms with Gasteiger partial charge in [0.15, 0.2) is 0 Å². The molecule has 3 atom stereocenters. The highest BCUT2D eigenvalue weighted by Gasteiger charge is 2.27. The van der Waals surface area contributed by atoms with Gasteiger partial charge in [-0.15, -0.1) is 0 Å². The predicted molar refractivity (Wildman–Crippen MR) is 272 cm³/mol. The van der Waals surface area contributed by atoms with E-state index in [1.165, 1.54) is 122 Å². The molecule has 0 aliphatic heterocycles. The first-order chi connectivity index (χ1) is 30.5. The van der Waals surface area contributed by atoms with E-state index in [0.717, 1.165) is 70.6 Å². The number of allylic oxidation sites excluding steroid dienone is 11. The lowest BCUT2D eigenvalue weighted by Crippen LogP contribution is -2.45. The lowest BCUT2D eigenvalue weighted by Gasteiger charge is -2.25. The van der Waals surface area contributed by atoms with Gasteiger partial charge in [-0.05, 0) is 83.5 Å². The summed E-state index contributed by atoms with van der Waals surface area (Å²) in [6, 6.07) is -0.880. The number of unbranched alkanes of at least 4 members (excludes halogenated alkanes) is 23. The monoisotopic (exact) mass is 904 g/mol. The van der Waals surface area contributed by atoms with Crippen LogP contribution in [0.5, 0.6) is 0 Å². The highest BCUT2D eigenvalue weighted by Crippen LogP contribution is 2.43. The van der Waals surface area contributed by atoms with E-state index < -0.39 is 20.0 Å². The molecule has 0 fully saturated rings. The first-order valence-electron chi connectivity index (χ1n) is 25.8. The maximum absolute atomic E-state index is 12.9. The van der Waals surface area contributed by atoms with Crippen LogP contribution in [0, 0.1) is 0 Å². The highest BCUT2D eigenvalue weighted by atomic mass is 31.2. The number of rotatable bonds is 46. The molecule has 0 heterocycles. The molecule has 0 saturated heterocycles. The van der Waals surface area contributed by atoms with E-state index in [1.54, 1.807) is 6.08 Å². The molecule has 0 aromatic rings. The molecule has 366 valence electrons. The largest absolute Gasteiger partial charge is 0.472 e. The van der Waals surface area contributed by atoms with Crippen molar-refractivity contribution >= 4 is 13.7 Å². The number of likely N-dealkylation sites (N-methyl/N-ethyl adjacent to an activating group) is 1. The van der Waals surface area contributed by atoms with Crippen molar-refractivity contribution in [2.24, 2.45) is 0 Å². The third-order valence-corrected chi connectivity index (χ3v) is 12.1. The molecule has 9 heteroatoms. The third kappa shape index (κ3) is 47.7. The Balaban J connectivity index is 4.43. The zero-order valence-corrected chi connectivity index (χ0v) is 42.4. The maximum Gasteiger partial charge on any atom is 0.472 e. The number of carbonyl (C=O) groups excluding carboxylic acids is 1. The minimum absolute atomic E-state index is 0.0475. The van der Waals surface area contributed by atoms with E-state index in [1.807, 2.05) is 27.2 Å². The predicted octanol–water partition coefficient (Wildman–Crippen LogP) is 15.1. The number of phosphoric ester groups is 1. The van der Waals surface area contributed by atoms with Gasteiger partial charge in [0.05, 0.1) is 39.9 Å². The molecule has 0 aromatic carbocycles. The third-order valence-electron chi connectivity index (χ3n) is 11.1. The summed E-state index contributed by atoms with van der Waals surface area (Å²) < 4.78 is 23.6. The fourth-order valence-corrected chi connectivity index (χ4v) is 7.76. The number of aliphatic hydroxyl groups is 1. The van der Waals surface area contributed by atoms with Gasteiger partial charge in [0.2, 0.25) is 5.91 Å². The lowest BCUT2D eigenvalue weighted by atomic mass is 10.0. The lowest BCUT2D eigenvalue weighted by molar-refractivity contribution is -0.870. The summed E-state index contributed by atoms with van der Waals surface area (Å²) in [4.78, 5) is 23.2. The van der Waals surface area contributed by atoms with Crippen molar-refractivity contribution in [2.75, 3.05) is 40.9 Å². The van der Waals surface area contributed by atoms with Crippen LogP contribution >= 0.6 is 7.82 Å². The standard InChI is InChI=1S/C54H99N2O6P/c1-6-8-10-12-14-16-18-20-22-24-26-27-28-30-31-33-35-37-39-41-43-45-47-53(57)52(51-62-63(59,60)61-50-49-56(3,4)5)55-54(58)48-46-44-42-40-38-36-34-32-29-25-23-21-19-17-15-13-11-9-7-2/h15,17,21,23,29-32,37,39,45,47,52-53,57H,6-14,16,18-20,22,24-28,33-36,38,40-44,46,48-51H2,1-5H3,(H-,55,58,59,60)/p+1/b17-15-,23-21-,31-30+,32-29-,39-37+,47-45+. The topological polar surface area (TPSA) is 105 Å². The van der Waals surface area contributed by atoms with Crippen molar-refractivity contribution < 1.29 is 32.9 Å². The van der Waals surface area contributed by atoms with Gasteiger partial charge in [-0.25, -0.2) is 4.57 Å². The molecule has 0 bridgehead atoms. The first kappa shape index (κ1) is 60.9. The van der Waals surface area contributed by atoms with Gasteiger partial charge < -0.3 is 19.8 Å². The maximum atomic E-state index is 12.9. The number of phosphoric acid groups is 1. The summed E-state index contributed by atoms with van der Waals surface area (Å²) in [5.41, 5.74) is 0. The average Bonchev–Trinajstić information content (AvgIpc) is 3.24. The Bertz CT molecular complexity index is 1250. The Kier molecular flexibility index (Phi) is 43.6. The fraction of sp³-hybridized carbons (Fsp3) is 0.759. The Hall–Kier alpha value is -2.06. The van der Waals surface area contributed by atoms with Gasteiger partial charge in [0.1, 0.15) is 13.2 Å². The summed E-state index contributed by atoms with van der Waals surface area (Å²) in [6.45, 7) is 4.75. The minimum Gasteiger partial charge on any atom is -0.387 e. The van der Waals surface area contributed by atoms with Crippen molar-refractivity contribution in [1.82, 2.24) is 5.32 Å². The summed E-state index contributed by atoms with van der Waals surface area (Å²) in [6.07, 6.45) is 61.3. The van der Waals surface area contributed by atoms with E-state index in [4.69, 9.17) is 9.05 Å². The second kappa shape index (κ2) is 45.1. The zero-order valence-electron chi connectivity index (χ0n) is 41.5. The van der Waals surface area contributed by atoms with E-state index in [2.05, 4.69) is 79.9 Å². The quantitative estimate of drug-likeness (QED) is 0.0243. The van der Waals surface area contributed by atoms with Crippen molar-refractivity contribution in [2.45, 2.75) is 225 Å². The van der Waals surface area contributed by atoms with Crippen molar-refractivity contribution in [3.8, 4) is 0 Å². The van der Waals surface area contributed by atoms with E-state index in [9.17, 15) is 19.4 Å². The zero-order chi connectivity index (χ0) is 46.4. The normalized spacial score (nSPS) is 14.7. The molecular formula is C54H100N2O6P+. The van der Waals surface area contributed by atoms with E-state index in [0.29, 0.717) is 17.4 Å².